The van der Waals surface area contributed by atoms with Crippen LogP contribution in [0.25, 0.3) is 33.8 Å². The Morgan fingerprint density at radius 1 is 1.03 bits per heavy atom. The molecule has 5 rings (SSSR count). The molecule has 0 spiro atoms. The molecule has 0 fully saturated rings. The molecule has 0 saturated heterocycles. The van der Waals surface area contributed by atoms with Gasteiger partial charge in [-0.15, -0.1) is 0 Å². The van der Waals surface area contributed by atoms with Crippen molar-refractivity contribution in [3.8, 4) is 22.8 Å². The molecule has 0 aliphatic heterocycles. The normalized spacial score (nSPS) is 12.0. The van der Waals surface area contributed by atoms with E-state index in [2.05, 4.69) is 20.4 Å². The number of amides is 1. The number of fused-ring (bicyclic) bond motifs is 1. The van der Waals surface area contributed by atoms with E-state index < -0.39 is 12.1 Å². The Kier molecular flexibility index (Phi) is 5.09. The molecule has 2 aromatic carbocycles. The van der Waals surface area contributed by atoms with E-state index in [1.807, 2.05) is 60.7 Å². The highest BCUT2D eigenvalue weighted by molar-refractivity contribution is 5.92. The largest absolute Gasteiger partial charge is 0.465 e. The Bertz CT molecular complexity index is 1380. The van der Waals surface area contributed by atoms with Gasteiger partial charge in [-0.05, 0) is 29.8 Å². The second-order valence-electron chi connectivity index (χ2n) is 7.17. The van der Waals surface area contributed by atoms with Crippen LogP contribution < -0.4 is 5.32 Å². The zero-order valence-electron chi connectivity index (χ0n) is 16.8. The van der Waals surface area contributed by atoms with Gasteiger partial charge in [0.1, 0.15) is 17.7 Å². The van der Waals surface area contributed by atoms with Gasteiger partial charge in [0.15, 0.2) is 5.58 Å². The molecule has 158 valence electrons. The topological polar surface area (TPSA) is 114 Å². The fourth-order valence-electron chi connectivity index (χ4n) is 3.76. The van der Waals surface area contributed by atoms with Gasteiger partial charge in [-0.3, -0.25) is 0 Å². The predicted molar refractivity (Wildman–Crippen MR) is 117 cm³/mol. The first-order valence-electron chi connectivity index (χ1n) is 9.98. The summed E-state index contributed by atoms with van der Waals surface area (Å²) in [5.74, 6) is 0.407. The van der Waals surface area contributed by atoms with Crippen molar-refractivity contribution in [2.24, 2.45) is 0 Å². The summed E-state index contributed by atoms with van der Waals surface area (Å²) < 4.78 is 10.8. The van der Waals surface area contributed by atoms with Gasteiger partial charge >= 0.3 is 6.09 Å². The van der Waals surface area contributed by atoms with Gasteiger partial charge in [-0.2, -0.15) is 0 Å². The molecule has 3 aromatic heterocycles. The van der Waals surface area contributed by atoms with Crippen molar-refractivity contribution in [2.45, 2.75) is 12.5 Å². The van der Waals surface area contributed by atoms with Crippen molar-refractivity contribution >= 4 is 17.1 Å². The Balaban J connectivity index is 1.55. The molecule has 8 heteroatoms. The molecular formula is C24H18N4O4. The zero-order valence-corrected chi connectivity index (χ0v) is 16.8. The van der Waals surface area contributed by atoms with E-state index in [1.165, 1.54) is 6.26 Å². The number of nitrogens with one attached hydrogen (secondary N) is 1. The molecule has 2 N–H and O–H groups in total. The zero-order chi connectivity index (χ0) is 21.9. The fraction of sp³-hybridized carbons (Fsp3) is 0.0833. The Morgan fingerprint density at radius 3 is 2.72 bits per heavy atom. The maximum atomic E-state index is 11.6. The molecule has 32 heavy (non-hydrogen) atoms. The number of aromatic nitrogens is 3. The third-order valence-electron chi connectivity index (χ3n) is 5.14. The number of hydrogen-bond acceptors (Lipinski definition) is 6. The van der Waals surface area contributed by atoms with Crippen LogP contribution in [0, 0.1) is 0 Å². The smallest absolute Gasteiger partial charge is 0.405 e. The number of pyridine rings is 1. The highest BCUT2D eigenvalue weighted by atomic mass is 16.5. The van der Waals surface area contributed by atoms with Crippen LogP contribution in [0.15, 0.2) is 88.1 Å². The Hall–Kier alpha value is -4.46. The molecule has 1 atom stereocenters. The van der Waals surface area contributed by atoms with E-state index in [4.69, 9.17) is 8.94 Å². The lowest BCUT2D eigenvalue weighted by Crippen LogP contribution is -2.29. The maximum absolute atomic E-state index is 11.6. The summed E-state index contributed by atoms with van der Waals surface area (Å²) >= 11 is 0. The van der Waals surface area contributed by atoms with Gasteiger partial charge < -0.3 is 19.4 Å². The number of para-hydroxylation sites is 1. The van der Waals surface area contributed by atoms with E-state index >= 15 is 0 Å². The molecule has 0 unspecified atom stereocenters. The van der Waals surface area contributed by atoms with Gasteiger partial charge in [0.05, 0.1) is 12.2 Å². The monoisotopic (exact) mass is 426 g/mol. The van der Waals surface area contributed by atoms with E-state index in [9.17, 15) is 9.90 Å². The molecule has 0 bridgehead atoms. The highest BCUT2D eigenvalue weighted by Crippen LogP contribution is 2.34. The molecule has 0 saturated carbocycles. The minimum Gasteiger partial charge on any atom is -0.465 e. The van der Waals surface area contributed by atoms with Crippen molar-refractivity contribution in [1.29, 1.82) is 0 Å². The van der Waals surface area contributed by atoms with Crippen LogP contribution >= 0.6 is 0 Å². The first-order valence-corrected chi connectivity index (χ1v) is 9.98. The molecule has 0 radical (unpaired) electrons. The molecule has 0 aliphatic rings. The van der Waals surface area contributed by atoms with Crippen molar-refractivity contribution in [3.63, 3.8) is 0 Å². The summed E-state index contributed by atoms with van der Waals surface area (Å²) in [6, 6.07) is 20.0. The van der Waals surface area contributed by atoms with Gasteiger partial charge in [0.2, 0.25) is 5.89 Å². The number of carboxylic acid groups (broad SMARTS) is 1. The van der Waals surface area contributed by atoms with Crippen LogP contribution in [0.1, 0.15) is 17.3 Å². The number of oxazole rings is 1. The van der Waals surface area contributed by atoms with Crippen LogP contribution in [0.4, 0.5) is 4.79 Å². The summed E-state index contributed by atoms with van der Waals surface area (Å²) in [5, 5.41) is 17.3. The van der Waals surface area contributed by atoms with E-state index in [-0.39, 0.29) is 0 Å². The maximum Gasteiger partial charge on any atom is 0.405 e. The van der Waals surface area contributed by atoms with Crippen LogP contribution in [-0.2, 0) is 6.42 Å². The summed E-state index contributed by atoms with van der Waals surface area (Å²) in [6.07, 6.45) is 2.24. The molecule has 8 nitrogen and oxygen atoms in total. The minimum atomic E-state index is -1.13. The minimum absolute atomic E-state index is 0.327. The lowest BCUT2D eigenvalue weighted by atomic mass is 9.93. The summed E-state index contributed by atoms with van der Waals surface area (Å²) in [4.78, 5) is 20.4. The van der Waals surface area contributed by atoms with Crippen molar-refractivity contribution in [2.75, 3.05) is 0 Å². The van der Waals surface area contributed by atoms with Crippen molar-refractivity contribution in [1.82, 2.24) is 20.4 Å². The number of hydrogen-bond donors (Lipinski definition) is 2. The van der Waals surface area contributed by atoms with Crippen LogP contribution in [-0.4, -0.2) is 26.3 Å². The fourth-order valence-corrected chi connectivity index (χ4v) is 3.76. The molecular weight excluding hydrogens is 408 g/mol. The van der Waals surface area contributed by atoms with Gasteiger partial charge in [-0.25, -0.2) is 14.8 Å². The third-order valence-corrected chi connectivity index (χ3v) is 5.14. The second-order valence-corrected chi connectivity index (χ2v) is 7.17. The average molecular weight is 426 g/mol. The SMILES string of the molecule is O=C(O)N[C@@H](Cc1cccc(-c2ncco2)n1)c1ccccc1-c1noc2ccccc12. The summed E-state index contributed by atoms with van der Waals surface area (Å²) in [6.45, 7) is 0. The lowest BCUT2D eigenvalue weighted by Gasteiger charge is -2.20. The quantitative estimate of drug-likeness (QED) is 0.388. The van der Waals surface area contributed by atoms with Gasteiger partial charge in [-0.1, -0.05) is 47.6 Å². The molecule has 1 amide bonds. The van der Waals surface area contributed by atoms with E-state index in [1.54, 1.807) is 12.3 Å². The second kappa shape index (κ2) is 8.35. The number of rotatable bonds is 6. The summed E-state index contributed by atoms with van der Waals surface area (Å²) in [7, 11) is 0. The number of carbonyl (C=O) groups is 1. The van der Waals surface area contributed by atoms with Crippen LogP contribution in [0.3, 0.4) is 0 Å². The standard InChI is InChI=1S/C24H18N4O4/c29-24(30)27-20(14-15-6-5-10-19(26-15)23-25-12-13-31-23)16-7-1-2-8-17(16)22-18-9-3-4-11-21(18)32-28-22/h1-13,20,27H,14H2,(H,29,30)/t20-/m0/s1. The van der Waals surface area contributed by atoms with Gasteiger partial charge in [0, 0.05) is 23.1 Å². The Labute approximate surface area is 182 Å². The Morgan fingerprint density at radius 2 is 1.88 bits per heavy atom. The molecule has 0 aliphatic carbocycles. The average Bonchev–Trinajstić information content (AvgIpc) is 3.49. The van der Waals surface area contributed by atoms with E-state index in [0.717, 1.165) is 16.5 Å². The highest BCUT2D eigenvalue weighted by Gasteiger charge is 2.22. The lowest BCUT2D eigenvalue weighted by molar-refractivity contribution is 0.190. The van der Waals surface area contributed by atoms with Gasteiger partial charge in [0.25, 0.3) is 0 Å². The van der Waals surface area contributed by atoms with E-state index in [0.29, 0.717) is 35.0 Å². The van der Waals surface area contributed by atoms with Crippen molar-refractivity contribution < 1.29 is 18.8 Å². The first-order chi connectivity index (χ1) is 15.7. The third kappa shape index (κ3) is 3.81. The molecule has 5 aromatic rings. The predicted octanol–water partition coefficient (Wildman–Crippen LogP) is 5.10. The summed E-state index contributed by atoms with van der Waals surface area (Å²) in [5.41, 5.74) is 4.17. The van der Waals surface area contributed by atoms with Crippen LogP contribution in [0.2, 0.25) is 0 Å². The number of nitrogens with zero attached hydrogens (tertiary/aromatic N) is 3. The number of benzene rings is 2. The van der Waals surface area contributed by atoms with Crippen LogP contribution in [0.5, 0.6) is 0 Å². The molecule has 3 heterocycles. The first kappa shape index (κ1) is 19.5. The van der Waals surface area contributed by atoms with Crippen molar-refractivity contribution in [3.05, 3.63) is 90.4 Å².